The Kier molecular flexibility index (Phi) is 10.1. The van der Waals surface area contributed by atoms with E-state index in [0.29, 0.717) is 55.5 Å². The Morgan fingerprint density at radius 2 is 1.80 bits per heavy atom. The molecule has 212 valence electrons. The molecule has 9 nitrogen and oxygen atoms in total. The number of aryl methyl sites for hydroxylation is 2. The van der Waals surface area contributed by atoms with E-state index in [-0.39, 0.29) is 30.2 Å². The van der Waals surface area contributed by atoms with Crippen LogP contribution in [0, 0.1) is 13.8 Å². The summed E-state index contributed by atoms with van der Waals surface area (Å²) in [6.07, 6.45) is 2.25. The number of anilines is 1. The second-order valence-corrected chi connectivity index (χ2v) is 10.8. The Hall–Kier alpha value is -3.92. The largest absolute Gasteiger partial charge is 0.493 e. The first-order valence-corrected chi connectivity index (χ1v) is 14.4. The van der Waals surface area contributed by atoms with Gasteiger partial charge >= 0.3 is 0 Å². The molecule has 0 unspecified atom stereocenters. The van der Waals surface area contributed by atoms with Crippen molar-refractivity contribution in [3.8, 4) is 11.5 Å². The molecule has 1 aliphatic heterocycles. The van der Waals surface area contributed by atoms with Gasteiger partial charge in [-0.25, -0.2) is 4.98 Å². The number of amides is 3. The first-order valence-electron chi connectivity index (χ1n) is 13.5. The zero-order valence-electron chi connectivity index (χ0n) is 23.2. The van der Waals surface area contributed by atoms with Crippen molar-refractivity contribution in [2.45, 2.75) is 46.0 Å². The maximum atomic E-state index is 12.7. The first-order chi connectivity index (χ1) is 19.3. The lowest BCUT2D eigenvalue weighted by Crippen LogP contribution is -2.40. The molecule has 0 bridgehead atoms. The Balaban J connectivity index is 1.15. The zero-order valence-corrected chi connectivity index (χ0v) is 24.0. The van der Waals surface area contributed by atoms with E-state index in [4.69, 9.17) is 9.47 Å². The maximum absolute atomic E-state index is 12.7. The number of rotatable bonds is 11. The Morgan fingerprint density at radius 3 is 2.55 bits per heavy atom. The fourth-order valence-corrected chi connectivity index (χ4v) is 5.39. The highest BCUT2D eigenvalue weighted by atomic mass is 32.1. The number of aromatic nitrogens is 1. The molecule has 3 aromatic rings. The van der Waals surface area contributed by atoms with Crippen LogP contribution in [0.5, 0.6) is 11.5 Å². The fraction of sp³-hybridized carbons (Fsp3) is 0.400. The van der Waals surface area contributed by atoms with Crippen molar-refractivity contribution in [2.24, 2.45) is 0 Å². The van der Waals surface area contributed by atoms with Crippen LogP contribution in [-0.4, -0.2) is 60.5 Å². The van der Waals surface area contributed by atoms with E-state index < -0.39 is 0 Å². The number of piperidine rings is 1. The molecule has 40 heavy (non-hydrogen) atoms. The molecule has 0 spiro atoms. The predicted octanol–water partition coefficient (Wildman–Crippen LogP) is 4.70. The number of carbonyl (C=O) groups excluding carboxylic acids is 3. The molecule has 3 amide bonds. The average molecular weight is 565 g/mol. The summed E-state index contributed by atoms with van der Waals surface area (Å²) >= 11 is 1.50. The molecule has 1 saturated heterocycles. The Bertz CT molecular complexity index is 1330. The molecule has 1 aromatic heterocycles. The normalized spacial score (nSPS) is 13.5. The van der Waals surface area contributed by atoms with Crippen molar-refractivity contribution in [1.82, 2.24) is 15.2 Å². The highest BCUT2D eigenvalue weighted by Crippen LogP contribution is 2.30. The summed E-state index contributed by atoms with van der Waals surface area (Å²) in [5.74, 6) is 1.24. The molecule has 0 aliphatic carbocycles. The number of hydrogen-bond acceptors (Lipinski definition) is 7. The van der Waals surface area contributed by atoms with E-state index in [1.807, 2.05) is 49.1 Å². The minimum atomic E-state index is -0.203. The van der Waals surface area contributed by atoms with Gasteiger partial charge in [0.25, 0.3) is 11.8 Å². The van der Waals surface area contributed by atoms with E-state index in [1.54, 1.807) is 17.5 Å². The predicted molar refractivity (Wildman–Crippen MR) is 155 cm³/mol. The molecule has 2 aromatic carbocycles. The van der Waals surface area contributed by atoms with Gasteiger partial charge in [-0.3, -0.25) is 14.4 Å². The van der Waals surface area contributed by atoms with Crippen LogP contribution in [0.2, 0.25) is 0 Å². The van der Waals surface area contributed by atoms with Crippen LogP contribution in [0.4, 0.5) is 5.69 Å². The number of ether oxygens (including phenoxy) is 2. The highest BCUT2D eigenvalue weighted by Gasteiger charge is 2.26. The van der Waals surface area contributed by atoms with Crippen molar-refractivity contribution in [3.05, 3.63) is 69.7 Å². The summed E-state index contributed by atoms with van der Waals surface area (Å²) in [7, 11) is 0. The molecule has 2 heterocycles. The Morgan fingerprint density at radius 1 is 1.02 bits per heavy atom. The van der Waals surface area contributed by atoms with Gasteiger partial charge in [-0.05, 0) is 68.5 Å². The number of carbonyl (C=O) groups is 3. The van der Waals surface area contributed by atoms with Gasteiger partial charge in [0, 0.05) is 49.6 Å². The second-order valence-electron chi connectivity index (χ2n) is 9.93. The zero-order chi connectivity index (χ0) is 28.5. The van der Waals surface area contributed by atoms with Crippen molar-refractivity contribution < 1.29 is 23.9 Å². The summed E-state index contributed by atoms with van der Waals surface area (Å²) in [5.41, 5.74) is 3.43. The number of nitrogens with zero attached hydrogens (tertiary/aromatic N) is 2. The van der Waals surface area contributed by atoms with Crippen molar-refractivity contribution in [2.75, 3.05) is 38.2 Å². The highest BCUT2D eigenvalue weighted by molar-refractivity contribution is 7.09. The standard InChI is InChI=1S/C30H36N4O5S/c1-20-8-9-26(16-21(20)2)39-18-28(36)34-13-10-23(11-14-34)30-33-27(19-40-30)29(37)31-12-5-15-38-25-7-4-6-24(17-25)32-22(3)35/h4,6-9,16-17,19,23H,5,10-15,18H2,1-3H3,(H,31,37)(H,32,35). The lowest BCUT2D eigenvalue weighted by atomic mass is 9.97. The van der Waals surface area contributed by atoms with Crippen molar-refractivity contribution in [3.63, 3.8) is 0 Å². The van der Waals surface area contributed by atoms with E-state index in [0.717, 1.165) is 23.4 Å². The number of benzene rings is 2. The molecule has 1 aliphatic rings. The lowest BCUT2D eigenvalue weighted by Gasteiger charge is -2.31. The summed E-state index contributed by atoms with van der Waals surface area (Å²) < 4.78 is 11.4. The van der Waals surface area contributed by atoms with Crippen LogP contribution in [-0.2, 0) is 9.59 Å². The van der Waals surface area contributed by atoms with Crippen molar-refractivity contribution in [1.29, 1.82) is 0 Å². The summed E-state index contributed by atoms with van der Waals surface area (Å²) in [6, 6.07) is 13.0. The topological polar surface area (TPSA) is 110 Å². The molecule has 10 heteroatoms. The SMILES string of the molecule is CC(=O)Nc1cccc(OCCCNC(=O)c2csc(C3CCN(C(=O)COc4ccc(C)c(C)c4)CC3)n2)c1. The van der Waals surface area contributed by atoms with Crippen LogP contribution in [0.1, 0.15) is 58.7 Å². The maximum Gasteiger partial charge on any atom is 0.270 e. The van der Waals surface area contributed by atoms with Gasteiger partial charge < -0.3 is 25.0 Å². The van der Waals surface area contributed by atoms with Crippen LogP contribution >= 0.6 is 11.3 Å². The lowest BCUT2D eigenvalue weighted by molar-refractivity contribution is -0.134. The third kappa shape index (κ3) is 8.29. The number of likely N-dealkylation sites (tertiary alicyclic amines) is 1. The van der Waals surface area contributed by atoms with E-state index in [1.165, 1.54) is 23.8 Å². The molecular weight excluding hydrogens is 528 g/mol. The average Bonchev–Trinajstić information content (AvgIpc) is 3.44. The van der Waals surface area contributed by atoms with Crippen LogP contribution in [0.25, 0.3) is 0 Å². The van der Waals surface area contributed by atoms with E-state index in [9.17, 15) is 14.4 Å². The summed E-state index contributed by atoms with van der Waals surface area (Å²) in [5, 5.41) is 8.35. The molecular formula is C30H36N4O5S. The van der Waals surface area contributed by atoms with Gasteiger partial charge in [-0.15, -0.1) is 11.3 Å². The monoisotopic (exact) mass is 564 g/mol. The van der Waals surface area contributed by atoms with Gasteiger partial charge in [0.15, 0.2) is 6.61 Å². The van der Waals surface area contributed by atoms with E-state index in [2.05, 4.69) is 15.6 Å². The van der Waals surface area contributed by atoms with Gasteiger partial charge in [0.2, 0.25) is 5.91 Å². The molecule has 1 fully saturated rings. The van der Waals surface area contributed by atoms with Crippen molar-refractivity contribution >= 4 is 34.7 Å². The van der Waals surface area contributed by atoms with Crippen LogP contribution < -0.4 is 20.1 Å². The summed E-state index contributed by atoms with van der Waals surface area (Å²) in [6.45, 7) is 7.74. The number of thiazole rings is 1. The minimum absolute atomic E-state index is 0.0136. The first kappa shape index (κ1) is 29.1. The number of hydrogen-bond donors (Lipinski definition) is 2. The molecule has 0 radical (unpaired) electrons. The van der Waals surface area contributed by atoms with Gasteiger partial charge in [-0.1, -0.05) is 12.1 Å². The van der Waals surface area contributed by atoms with Crippen LogP contribution in [0.15, 0.2) is 47.8 Å². The van der Waals surface area contributed by atoms with E-state index >= 15 is 0 Å². The van der Waals surface area contributed by atoms with Gasteiger partial charge in [0.05, 0.1) is 11.6 Å². The smallest absolute Gasteiger partial charge is 0.270 e. The second kappa shape index (κ2) is 13.9. The summed E-state index contributed by atoms with van der Waals surface area (Å²) in [4.78, 5) is 42.9. The molecule has 2 N–H and O–H groups in total. The van der Waals surface area contributed by atoms with Gasteiger partial charge in [-0.2, -0.15) is 0 Å². The Labute approximate surface area is 238 Å². The third-order valence-electron chi connectivity index (χ3n) is 6.82. The molecule has 0 atom stereocenters. The van der Waals surface area contributed by atoms with Gasteiger partial charge in [0.1, 0.15) is 17.2 Å². The van der Waals surface area contributed by atoms with Crippen LogP contribution in [0.3, 0.4) is 0 Å². The molecule has 4 rings (SSSR count). The molecule has 0 saturated carbocycles. The number of nitrogens with one attached hydrogen (secondary N) is 2. The third-order valence-corrected chi connectivity index (χ3v) is 7.83. The fourth-order valence-electron chi connectivity index (χ4n) is 4.42. The quantitative estimate of drug-likeness (QED) is 0.327. The minimum Gasteiger partial charge on any atom is -0.493 e.